The van der Waals surface area contributed by atoms with E-state index in [2.05, 4.69) is 0 Å². The molecule has 140 valence electrons. The zero-order chi connectivity index (χ0) is 19.6. The lowest BCUT2D eigenvalue weighted by atomic mass is 10.1. The molecule has 0 N–H and O–H groups in total. The second kappa shape index (κ2) is 7.45. The zero-order valence-corrected chi connectivity index (χ0v) is 16.2. The van der Waals surface area contributed by atoms with Crippen LogP contribution in [0.2, 0.25) is 0 Å². The van der Waals surface area contributed by atoms with Crippen LogP contribution in [-0.2, 0) is 4.79 Å². The number of benzene rings is 3. The maximum Gasteiger partial charge on any atom is 0.271 e. The first kappa shape index (κ1) is 17.5. The Morgan fingerprint density at radius 2 is 1.66 bits per heavy atom. The van der Waals surface area contributed by atoms with Crippen LogP contribution in [0.25, 0.3) is 17.0 Å². The fourth-order valence-corrected chi connectivity index (χ4v) is 4.19. The molecule has 2 heterocycles. The molecule has 5 rings (SSSR count). The summed E-state index contributed by atoms with van der Waals surface area (Å²) in [5.41, 5.74) is 3.39. The Bertz CT molecular complexity index is 1240. The van der Waals surface area contributed by atoms with Crippen molar-refractivity contribution in [2.45, 2.75) is 0 Å². The fourth-order valence-electron chi connectivity index (χ4n) is 3.19. The van der Waals surface area contributed by atoms with E-state index in [1.54, 1.807) is 11.2 Å². The number of amides is 1. The first-order chi connectivity index (χ1) is 14.3. The van der Waals surface area contributed by atoms with Crippen molar-refractivity contribution >= 4 is 51.3 Å². The standard InChI is InChI=1S/C24H16N2O2S/c27-23-22(16-17-11-12-21-18(15-17)13-14-28-21)29-24(25-19-7-3-1-4-8-19)26(23)20-9-5-2-6-10-20/h1-16H/b22-16-,25-24-. The molecule has 1 fully saturated rings. The largest absolute Gasteiger partial charge is 0.464 e. The molecule has 0 saturated carbocycles. The molecule has 4 nitrogen and oxygen atoms in total. The fraction of sp³-hybridized carbons (Fsp3) is 0. The van der Waals surface area contributed by atoms with E-state index in [-0.39, 0.29) is 5.91 Å². The van der Waals surface area contributed by atoms with Gasteiger partial charge in [-0.2, -0.15) is 0 Å². The van der Waals surface area contributed by atoms with Crippen LogP contribution < -0.4 is 4.90 Å². The summed E-state index contributed by atoms with van der Waals surface area (Å²) in [5, 5.41) is 1.65. The molecule has 29 heavy (non-hydrogen) atoms. The highest BCUT2D eigenvalue weighted by molar-refractivity contribution is 8.19. The van der Waals surface area contributed by atoms with Crippen molar-refractivity contribution in [3.05, 3.63) is 102 Å². The van der Waals surface area contributed by atoms with Crippen LogP contribution in [0.1, 0.15) is 5.56 Å². The number of amidine groups is 1. The van der Waals surface area contributed by atoms with Crippen LogP contribution in [-0.4, -0.2) is 11.1 Å². The van der Waals surface area contributed by atoms with Crippen LogP contribution in [0.5, 0.6) is 0 Å². The number of anilines is 1. The van der Waals surface area contributed by atoms with Crippen LogP contribution in [0, 0.1) is 0 Å². The van der Waals surface area contributed by atoms with Crippen molar-refractivity contribution in [1.29, 1.82) is 0 Å². The van der Waals surface area contributed by atoms with Crippen LogP contribution in [0.4, 0.5) is 11.4 Å². The summed E-state index contributed by atoms with van der Waals surface area (Å²) in [5.74, 6) is -0.0804. The van der Waals surface area contributed by atoms with E-state index >= 15 is 0 Å². The summed E-state index contributed by atoms with van der Waals surface area (Å²) in [7, 11) is 0. The summed E-state index contributed by atoms with van der Waals surface area (Å²) in [6.45, 7) is 0. The highest BCUT2D eigenvalue weighted by atomic mass is 32.2. The Morgan fingerprint density at radius 1 is 0.897 bits per heavy atom. The van der Waals surface area contributed by atoms with Gasteiger partial charge >= 0.3 is 0 Å². The van der Waals surface area contributed by atoms with Crippen molar-refractivity contribution in [3.63, 3.8) is 0 Å². The number of carbonyl (C=O) groups excluding carboxylic acids is 1. The summed E-state index contributed by atoms with van der Waals surface area (Å²) in [6.07, 6.45) is 3.57. The molecule has 1 aliphatic heterocycles. The highest BCUT2D eigenvalue weighted by Gasteiger charge is 2.34. The number of para-hydroxylation sites is 2. The van der Waals surface area contributed by atoms with E-state index in [4.69, 9.17) is 9.41 Å². The van der Waals surface area contributed by atoms with Gasteiger partial charge in [-0.15, -0.1) is 0 Å². The third-order valence-corrected chi connectivity index (χ3v) is 5.54. The lowest BCUT2D eigenvalue weighted by Crippen LogP contribution is -2.28. The zero-order valence-electron chi connectivity index (χ0n) is 15.4. The molecule has 0 bridgehead atoms. The number of thioether (sulfide) groups is 1. The van der Waals surface area contributed by atoms with Gasteiger partial charge in [-0.25, -0.2) is 4.99 Å². The molecule has 0 unspecified atom stereocenters. The first-order valence-electron chi connectivity index (χ1n) is 9.18. The Balaban J connectivity index is 1.57. The molecule has 5 heteroatoms. The molecule has 0 radical (unpaired) electrons. The van der Waals surface area contributed by atoms with Gasteiger partial charge in [-0.3, -0.25) is 9.69 Å². The van der Waals surface area contributed by atoms with Crippen LogP contribution in [0.3, 0.4) is 0 Å². The monoisotopic (exact) mass is 396 g/mol. The summed E-state index contributed by atoms with van der Waals surface area (Å²) >= 11 is 1.38. The average Bonchev–Trinajstić information content (AvgIpc) is 3.34. The summed E-state index contributed by atoms with van der Waals surface area (Å²) < 4.78 is 5.40. The van der Waals surface area contributed by atoms with Gasteiger partial charge in [0.05, 0.1) is 22.5 Å². The van der Waals surface area contributed by atoms with E-state index in [1.165, 1.54) is 11.8 Å². The molecule has 4 aromatic rings. The number of furan rings is 1. The van der Waals surface area contributed by atoms with E-state index in [9.17, 15) is 4.79 Å². The van der Waals surface area contributed by atoms with Crippen molar-refractivity contribution in [2.24, 2.45) is 4.99 Å². The van der Waals surface area contributed by atoms with Crippen LogP contribution in [0.15, 0.2) is 106 Å². The third-order valence-electron chi connectivity index (χ3n) is 4.58. The maximum absolute atomic E-state index is 13.3. The Labute approximate surface area is 172 Å². The van der Waals surface area contributed by atoms with Gasteiger partial charge in [0.25, 0.3) is 5.91 Å². The minimum Gasteiger partial charge on any atom is -0.464 e. The SMILES string of the molecule is O=C1/C(=C/c2ccc3occc3c2)S/C(=N\c2ccccc2)N1c1ccccc1. The lowest BCUT2D eigenvalue weighted by molar-refractivity contribution is -0.113. The van der Waals surface area contributed by atoms with Crippen molar-refractivity contribution in [3.8, 4) is 0 Å². The lowest BCUT2D eigenvalue weighted by Gasteiger charge is -2.15. The molecule has 0 aliphatic carbocycles. The number of hydrogen-bond donors (Lipinski definition) is 0. The van der Waals surface area contributed by atoms with Gasteiger partial charge < -0.3 is 4.42 Å². The Morgan fingerprint density at radius 3 is 2.45 bits per heavy atom. The van der Waals surface area contributed by atoms with Gasteiger partial charge in [0.2, 0.25) is 0 Å². The van der Waals surface area contributed by atoms with Crippen molar-refractivity contribution in [2.75, 3.05) is 4.90 Å². The number of hydrogen-bond acceptors (Lipinski definition) is 4. The third kappa shape index (κ3) is 3.48. The van der Waals surface area contributed by atoms with Crippen LogP contribution >= 0.6 is 11.8 Å². The normalized spacial score (nSPS) is 17.0. The first-order valence-corrected chi connectivity index (χ1v) is 10.00. The van der Waals surface area contributed by atoms with Crippen molar-refractivity contribution in [1.82, 2.24) is 0 Å². The molecule has 1 aromatic heterocycles. The van der Waals surface area contributed by atoms with Crippen molar-refractivity contribution < 1.29 is 9.21 Å². The van der Waals surface area contributed by atoms with Gasteiger partial charge in [0.1, 0.15) is 5.58 Å². The Kier molecular flexibility index (Phi) is 4.50. The van der Waals surface area contributed by atoms with Gasteiger partial charge in [-0.1, -0.05) is 42.5 Å². The second-order valence-electron chi connectivity index (χ2n) is 6.53. The number of fused-ring (bicyclic) bond motifs is 1. The molecular formula is C24H16N2O2S. The minimum absolute atomic E-state index is 0.0804. The predicted octanol–water partition coefficient (Wildman–Crippen LogP) is 6.24. The van der Waals surface area contributed by atoms with E-state index < -0.39 is 0 Å². The maximum atomic E-state index is 13.3. The van der Waals surface area contributed by atoms with Gasteiger partial charge in [0.15, 0.2) is 5.17 Å². The second-order valence-corrected chi connectivity index (χ2v) is 7.54. The molecular weight excluding hydrogens is 380 g/mol. The summed E-state index contributed by atoms with van der Waals surface area (Å²) in [6, 6.07) is 27.1. The molecule has 1 amide bonds. The quantitative estimate of drug-likeness (QED) is 0.385. The number of rotatable bonds is 3. The topological polar surface area (TPSA) is 45.8 Å². The predicted molar refractivity (Wildman–Crippen MR) is 119 cm³/mol. The minimum atomic E-state index is -0.0804. The summed E-state index contributed by atoms with van der Waals surface area (Å²) in [4.78, 5) is 20.3. The number of aliphatic imine (C=N–C) groups is 1. The number of carbonyl (C=O) groups is 1. The van der Waals surface area contributed by atoms with Gasteiger partial charge in [-0.05, 0) is 65.9 Å². The molecule has 1 saturated heterocycles. The molecule has 3 aromatic carbocycles. The average molecular weight is 396 g/mol. The molecule has 0 spiro atoms. The molecule has 0 atom stereocenters. The molecule has 1 aliphatic rings. The Hall–Kier alpha value is -3.57. The highest BCUT2D eigenvalue weighted by Crippen LogP contribution is 2.37. The smallest absolute Gasteiger partial charge is 0.271 e. The van der Waals surface area contributed by atoms with E-state index in [0.29, 0.717) is 10.1 Å². The number of nitrogens with zero attached hydrogens (tertiary/aromatic N) is 2. The van der Waals surface area contributed by atoms with E-state index in [0.717, 1.165) is 27.9 Å². The van der Waals surface area contributed by atoms with E-state index in [1.807, 2.05) is 91.0 Å². The van der Waals surface area contributed by atoms with Gasteiger partial charge in [0, 0.05) is 5.39 Å².